The molecule has 23 heavy (non-hydrogen) atoms. The van der Waals surface area contributed by atoms with Crippen LogP contribution in [0.1, 0.15) is 26.3 Å². The van der Waals surface area contributed by atoms with Crippen LogP contribution in [-0.2, 0) is 11.2 Å². The summed E-state index contributed by atoms with van der Waals surface area (Å²) in [5, 5.41) is 9.70. The van der Waals surface area contributed by atoms with E-state index in [1.807, 2.05) is 0 Å². The average Bonchev–Trinajstić information content (AvgIpc) is 2.77. The van der Waals surface area contributed by atoms with Crippen LogP contribution in [0.15, 0.2) is 42.6 Å². The van der Waals surface area contributed by atoms with Crippen LogP contribution in [-0.4, -0.2) is 38.8 Å². The van der Waals surface area contributed by atoms with Crippen LogP contribution >= 0.6 is 11.6 Å². The van der Waals surface area contributed by atoms with Crippen molar-refractivity contribution in [2.45, 2.75) is 12.5 Å². The van der Waals surface area contributed by atoms with Crippen molar-refractivity contribution in [2.24, 2.45) is 0 Å². The van der Waals surface area contributed by atoms with Crippen molar-refractivity contribution < 1.29 is 19.5 Å². The van der Waals surface area contributed by atoms with E-state index < -0.39 is 23.8 Å². The van der Waals surface area contributed by atoms with Crippen LogP contribution in [0, 0.1) is 0 Å². The molecule has 0 fully saturated rings. The number of imide groups is 1. The Morgan fingerprint density at radius 2 is 1.78 bits per heavy atom. The van der Waals surface area contributed by atoms with Gasteiger partial charge >= 0.3 is 5.97 Å². The summed E-state index contributed by atoms with van der Waals surface area (Å²) >= 11 is 5.79. The number of hydrogen-bond acceptors (Lipinski definition) is 4. The molecule has 0 unspecified atom stereocenters. The van der Waals surface area contributed by atoms with Gasteiger partial charge in [-0.05, 0) is 29.8 Å². The van der Waals surface area contributed by atoms with Crippen molar-refractivity contribution in [3.63, 3.8) is 0 Å². The van der Waals surface area contributed by atoms with Crippen LogP contribution in [0.25, 0.3) is 0 Å². The van der Waals surface area contributed by atoms with Crippen molar-refractivity contribution in [1.29, 1.82) is 0 Å². The van der Waals surface area contributed by atoms with Crippen molar-refractivity contribution in [3.8, 4) is 0 Å². The molecular formula is C16H11ClN2O4. The first-order valence-corrected chi connectivity index (χ1v) is 7.17. The van der Waals surface area contributed by atoms with E-state index in [2.05, 4.69) is 4.98 Å². The monoisotopic (exact) mass is 330 g/mol. The number of carboxylic acids is 1. The van der Waals surface area contributed by atoms with Crippen molar-refractivity contribution in [2.75, 3.05) is 0 Å². The maximum absolute atomic E-state index is 12.4. The Morgan fingerprint density at radius 3 is 2.30 bits per heavy atom. The number of carboxylic acid groups (broad SMARTS) is 1. The lowest BCUT2D eigenvalue weighted by molar-refractivity contribution is -0.141. The molecule has 1 aliphatic rings. The summed E-state index contributed by atoms with van der Waals surface area (Å²) < 4.78 is 0. The molecule has 1 aromatic heterocycles. The minimum absolute atomic E-state index is 0.0386. The smallest absolute Gasteiger partial charge is 0.327 e. The Morgan fingerprint density at radius 1 is 1.17 bits per heavy atom. The molecule has 0 radical (unpaired) electrons. The first kappa shape index (κ1) is 15.2. The number of hydrogen-bond donors (Lipinski definition) is 1. The van der Waals surface area contributed by atoms with E-state index in [0.717, 1.165) is 4.90 Å². The Bertz CT molecular complexity index is 786. The number of rotatable bonds is 4. The zero-order chi connectivity index (χ0) is 16.6. The average molecular weight is 331 g/mol. The van der Waals surface area contributed by atoms with E-state index in [9.17, 15) is 19.5 Å². The third-order valence-corrected chi connectivity index (χ3v) is 3.85. The van der Waals surface area contributed by atoms with Gasteiger partial charge in [0.15, 0.2) is 0 Å². The van der Waals surface area contributed by atoms with Crippen LogP contribution in [0.3, 0.4) is 0 Å². The largest absolute Gasteiger partial charge is 0.480 e. The first-order chi connectivity index (χ1) is 11.0. The number of benzene rings is 1. The Hall–Kier alpha value is -2.73. The number of amides is 2. The summed E-state index contributed by atoms with van der Waals surface area (Å²) in [4.78, 5) is 41.1. The third-order valence-electron chi connectivity index (χ3n) is 3.64. The number of halogens is 1. The van der Waals surface area contributed by atoms with Gasteiger partial charge in [0.25, 0.3) is 11.8 Å². The van der Waals surface area contributed by atoms with E-state index in [1.54, 1.807) is 18.2 Å². The molecule has 1 N–H and O–H groups in total. The number of fused-ring (bicyclic) bond motifs is 1. The van der Waals surface area contributed by atoms with Gasteiger partial charge in [-0.2, -0.15) is 0 Å². The quantitative estimate of drug-likeness (QED) is 0.684. The van der Waals surface area contributed by atoms with E-state index in [0.29, 0.717) is 5.56 Å². The highest BCUT2D eigenvalue weighted by atomic mass is 35.5. The minimum atomic E-state index is -1.30. The lowest BCUT2D eigenvalue weighted by Gasteiger charge is -2.22. The van der Waals surface area contributed by atoms with Gasteiger partial charge in [0.1, 0.15) is 11.2 Å². The Balaban J connectivity index is 1.95. The Labute approximate surface area is 136 Å². The molecule has 2 heterocycles. The van der Waals surface area contributed by atoms with Gasteiger partial charge < -0.3 is 5.11 Å². The van der Waals surface area contributed by atoms with E-state index in [1.165, 1.54) is 24.4 Å². The van der Waals surface area contributed by atoms with Gasteiger partial charge in [0.05, 0.1) is 11.1 Å². The molecule has 0 bridgehead atoms. The maximum atomic E-state index is 12.4. The third kappa shape index (κ3) is 2.68. The van der Waals surface area contributed by atoms with Gasteiger partial charge in [0, 0.05) is 12.6 Å². The maximum Gasteiger partial charge on any atom is 0.327 e. The van der Waals surface area contributed by atoms with Crippen LogP contribution in [0.4, 0.5) is 0 Å². The zero-order valence-corrected chi connectivity index (χ0v) is 12.5. The molecule has 3 rings (SSSR count). The summed E-state index contributed by atoms with van der Waals surface area (Å²) in [6.45, 7) is 0. The molecule has 0 spiro atoms. The molecule has 7 heteroatoms. The molecule has 2 aromatic rings. The predicted octanol–water partition coefficient (Wildman–Crippen LogP) is 2.03. The lowest BCUT2D eigenvalue weighted by Crippen LogP contribution is -2.46. The summed E-state index contributed by atoms with van der Waals surface area (Å²) in [7, 11) is 0. The standard InChI is InChI=1S/C16H11ClN2O4/c17-13-8-9(5-6-18-13)7-12(16(22)23)19-14(20)10-3-1-2-4-11(10)15(19)21/h1-6,8,12H,7H2,(H,22,23)/t12-/m0/s1. The molecule has 1 aliphatic heterocycles. The summed E-state index contributed by atoms with van der Waals surface area (Å²) in [5.74, 6) is -2.45. The number of nitrogens with zero attached hydrogens (tertiary/aromatic N) is 2. The second-order valence-electron chi connectivity index (χ2n) is 5.07. The van der Waals surface area contributed by atoms with Crippen LogP contribution < -0.4 is 0 Å². The minimum Gasteiger partial charge on any atom is -0.480 e. The van der Waals surface area contributed by atoms with Gasteiger partial charge in [-0.3, -0.25) is 14.5 Å². The van der Waals surface area contributed by atoms with Gasteiger partial charge in [-0.1, -0.05) is 23.7 Å². The van der Waals surface area contributed by atoms with Gasteiger partial charge in [-0.15, -0.1) is 0 Å². The van der Waals surface area contributed by atoms with Gasteiger partial charge in [0.2, 0.25) is 0 Å². The van der Waals surface area contributed by atoms with Crippen molar-refractivity contribution in [1.82, 2.24) is 9.88 Å². The molecule has 116 valence electrons. The fourth-order valence-electron chi connectivity index (χ4n) is 2.57. The van der Waals surface area contributed by atoms with Crippen molar-refractivity contribution in [3.05, 3.63) is 64.4 Å². The topological polar surface area (TPSA) is 87.6 Å². The first-order valence-electron chi connectivity index (χ1n) is 6.79. The number of aliphatic carboxylic acids is 1. The number of aromatic nitrogens is 1. The molecule has 0 saturated heterocycles. The molecule has 6 nitrogen and oxygen atoms in total. The van der Waals surface area contributed by atoms with Crippen LogP contribution in [0.2, 0.25) is 5.15 Å². The fraction of sp³-hybridized carbons (Fsp3) is 0.125. The summed E-state index contributed by atoms with van der Waals surface area (Å²) in [6, 6.07) is 8.09. The molecule has 1 aromatic carbocycles. The molecule has 2 amide bonds. The highest BCUT2D eigenvalue weighted by molar-refractivity contribution is 6.29. The number of carbonyl (C=O) groups is 3. The highest BCUT2D eigenvalue weighted by Gasteiger charge is 2.42. The normalized spacial score (nSPS) is 14.7. The molecule has 0 saturated carbocycles. The zero-order valence-electron chi connectivity index (χ0n) is 11.8. The number of pyridine rings is 1. The second kappa shape index (κ2) is 5.81. The number of carbonyl (C=O) groups excluding carboxylic acids is 2. The van der Waals surface area contributed by atoms with Crippen molar-refractivity contribution >= 4 is 29.4 Å². The summed E-state index contributed by atoms with van der Waals surface area (Å²) in [6.07, 6.45) is 1.40. The highest BCUT2D eigenvalue weighted by Crippen LogP contribution is 2.26. The second-order valence-corrected chi connectivity index (χ2v) is 5.46. The predicted molar refractivity (Wildman–Crippen MR) is 81.3 cm³/mol. The lowest BCUT2D eigenvalue weighted by atomic mass is 10.1. The molecule has 0 aliphatic carbocycles. The van der Waals surface area contributed by atoms with E-state index >= 15 is 0 Å². The Kier molecular flexibility index (Phi) is 3.83. The van der Waals surface area contributed by atoms with E-state index in [4.69, 9.17) is 11.6 Å². The van der Waals surface area contributed by atoms with Gasteiger partial charge in [-0.25, -0.2) is 9.78 Å². The van der Waals surface area contributed by atoms with E-state index in [-0.39, 0.29) is 22.7 Å². The molecule has 1 atom stereocenters. The summed E-state index contributed by atoms with van der Waals surface area (Å²) in [5.41, 5.74) is 1.02. The fourth-order valence-corrected chi connectivity index (χ4v) is 2.77. The molecular weight excluding hydrogens is 320 g/mol. The SMILES string of the molecule is O=C(O)[C@H](Cc1ccnc(Cl)c1)N1C(=O)c2ccccc2C1=O. The van der Waals surface area contributed by atoms with Crippen LogP contribution in [0.5, 0.6) is 0 Å².